The minimum Gasteiger partial charge on any atom is -0.494 e. The highest BCUT2D eigenvalue weighted by Gasteiger charge is 2.67. The number of esters is 1. The van der Waals surface area contributed by atoms with Gasteiger partial charge in [0.05, 0.1) is 29.7 Å². The Labute approximate surface area is 198 Å². The zero-order valence-electron chi connectivity index (χ0n) is 19.1. The molecule has 6 nitrogen and oxygen atoms in total. The number of carbonyl (C=O) groups is 3. The van der Waals surface area contributed by atoms with Gasteiger partial charge in [-0.05, 0) is 79.0 Å². The molecule has 2 saturated carbocycles. The van der Waals surface area contributed by atoms with Crippen LogP contribution in [0.4, 0.5) is 5.69 Å². The molecule has 6 atom stereocenters. The van der Waals surface area contributed by atoms with Crippen molar-refractivity contribution in [2.24, 2.45) is 35.5 Å². The number of imide groups is 1. The molecule has 5 aliphatic rings. The standard InChI is InChI=1S/C28H27NO5/c1-2-3-13-33-18-7-9-19(10-8-18)34-28(32)16-5-4-6-17(14-16)29-26(30)24-20-11-12-21(23-15-22(20)23)25(24)27(29)31/h4-12,14,20-25H,2-3,13,15H2,1H3/t20-,21-,22-,23-,24-,25+/m1/s1. The summed E-state index contributed by atoms with van der Waals surface area (Å²) in [6, 6.07) is 13.5. The fourth-order valence-electron chi connectivity index (χ4n) is 6.09. The van der Waals surface area contributed by atoms with Crippen LogP contribution in [0.15, 0.2) is 60.7 Å². The summed E-state index contributed by atoms with van der Waals surface area (Å²) in [5.41, 5.74) is 0.729. The third-order valence-electron chi connectivity index (χ3n) is 7.80. The minimum absolute atomic E-state index is 0.135. The van der Waals surface area contributed by atoms with Crippen molar-refractivity contribution in [3.05, 3.63) is 66.2 Å². The molecule has 0 radical (unpaired) electrons. The maximum atomic E-state index is 13.3. The Morgan fingerprint density at radius 1 is 0.941 bits per heavy atom. The van der Waals surface area contributed by atoms with E-state index in [2.05, 4.69) is 19.1 Å². The second-order valence-corrected chi connectivity index (χ2v) is 9.78. The summed E-state index contributed by atoms with van der Waals surface area (Å²) < 4.78 is 11.2. The van der Waals surface area contributed by atoms with Gasteiger partial charge < -0.3 is 9.47 Å². The zero-order valence-corrected chi connectivity index (χ0v) is 19.1. The van der Waals surface area contributed by atoms with Crippen molar-refractivity contribution < 1.29 is 23.9 Å². The quantitative estimate of drug-likeness (QED) is 0.199. The minimum atomic E-state index is -0.541. The summed E-state index contributed by atoms with van der Waals surface area (Å²) in [5.74, 6) is 1.24. The molecule has 2 aromatic carbocycles. The summed E-state index contributed by atoms with van der Waals surface area (Å²) in [7, 11) is 0. The fraction of sp³-hybridized carbons (Fsp3) is 0.393. The van der Waals surface area contributed by atoms with Crippen molar-refractivity contribution in [1.29, 1.82) is 0 Å². The smallest absolute Gasteiger partial charge is 0.343 e. The van der Waals surface area contributed by atoms with Crippen molar-refractivity contribution in [2.75, 3.05) is 11.5 Å². The number of benzene rings is 2. The number of rotatable bonds is 7. The molecule has 3 fully saturated rings. The van der Waals surface area contributed by atoms with Gasteiger partial charge in [0, 0.05) is 0 Å². The van der Waals surface area contributed by atoms with Gasteiger partial charge in [-0.1, -0.05) is 31.6 Å². The number of anilines is 1. The summed E-state index contributed by atoms with van der Waals surface area (Å²) in [6.07, 6.45) is 7.48. The normalized spacial score (nSPS) is 30.2. The van der Waals surface area contributed by atoms with E-state index in [-0.39, 0.29) is 35.5 Å². The Morgan fingerprint density at radius 3 is 2.24 bits per heavy atom. The summed E-state index contributed by atoms with van der Waals surface area (Å²) >= 11 is 0. The Bertz CT molecular complexity index is 1150. The van der Waals surface area contributed by atoms with E-state index in [0.717, 1.165) is 25.0 Å². The lowest BCUT2D eigenvalue weighted by Crippen LogP contribution is -2.40. The van der Waals surface area contributed by atoms with Gasteiger partial charge in [0.25, 0.3) is 0 Å². The van der Waals surface area contributed by atoms with E-state index in [4.69, 9.17) is 9.47 Å². The monoisotopic (exact) mass is 457 g/mol. The Morgan fingerprint density at radius 2 is 1.59 bits per heavy atom. The van der Waals surface area contributed by atoms with Crippen molar-refractivity contribution in [3.63, 3.8) is 0 Å². The molecule has 1 heterocycles. The molecule has 0 aromatic heterocycles. The SMILES string of the molecule is CCCCOc1ccc(OC(=O)c2cccc(N3C(=O)[C@@H]4[C@@H]5C=C[C@H]([C@H]6C[C@H]56)[C@@H]4C3=O)c2)cc1. The van der Waals surface area contributed by atoms with Crippen molar-refractivity contribution in [3.8, 4) is 11.5 Å². The first kappa shape index (κ1) is 21.1. The van der Waals surface area contributed by atoms with Crippen LogP contribution in [-0.4, -0.2) is 24.4 Å². The molecule has 174 valence electrons. The molecular formula is C28H27NO5. The molecule has 2 bridgehead atoms. The van der Waals surface area contributed by atoms with E-state index in [9.17, 15) is 14.4 Å². The van der Waals surface area contributed by atoms with Crippen LogP contribution in [0, 0.1) is 35.5 Å². The third-order valence-corrected chi connectivity index (χ3v) is 7.80. The topological polar surface area (TPSA) is 72.9 Å². The Hall–Kier alpha value is -3.41. The van der Waals surface area contributed by atoms with Gasteiger partial charge in [-0.25, -0.2) is 9.69 Å². The molecule has 1 saturated heterocycles. The van der Waals surface area contributed by atoms with Crippen molar-refractivity contribution in [1.82, 2.24) is 0 Å². The summed E-state index contributed by atoms with van der Waals surface area (Å²) in [6.45, 7) is 2.75. The second-order valence-electron chi connectivity index (χ2n) is 9.78. The number of ether oxygens (including phenoxy) is 2. The molecule has 2 aromatic rings. The predicted octanol–water partition coefficient (Wildman–Crippen LogP) is 4.64. The lowest BCUT2D eigenvalue weighted by atomic mass is 9.63. The zero-order chi connectivity index (χ0) is 23.4. The molecule has 2 amide bonds. The van der Waals surface area contributed by atoms with Crippen molar-refractivity contribution in [2.45, 2.75) is 26.2 Å². The lowest BCUT2D eigenvalue weighted by molar-refractivity contribution is -0.124. The van der Waals surface area contributed by atoms with E-state index < -0.39 is 5.97 Å². The maximum Gasteiger partial charge on any atom is 0.343 e. The molecule has 1 aliphatic heterocycles. The van der Waals surface area contributed by atoms with Gasteiger partial charge in [-0.15, -0.1) is 0 Å². The van der Waals surface area contributed by atoms with Crippen LogP contribution in [0.5, 0.6) is 11.5 Å². The molecule has 0 spiro atoms. The van der Waals surface area contributed by atoms with Gasteiger partial charge in [0.1, 0.15) is 11.5 Å². The molecule has 0 unspecified atom stereocenters. The predicted molar refractivity (Wildman–Crippen MR) is 125 cm³/mol. The first-order valence-electron chi connectivity index (χ1n) is 12.2. The van der Waals surface area contributed by atoms with Crippen LogP contribution >= 0.6 is 0 Å². The molecule has 34 heavy (non-hydrogen) atoms. The second kappa shape index (κ2) is 8.12. The number of hydrogen-bond acceptors (Lipinski definition) is 5. The molecule has 6 heteroatoms. The van der Waals surface area contributed by atoms with Gasteiger partial charge >= 0.3 is 5.97 Å². The summed E-state index contributed by atoms with van der Waals surface area (Å²) in [5, 5.41) is 0. The van der Waals surface area contributed by atoms with E-state index >= 15 is 0 Å². The summed E-state index contributed by atoms with van der Waals surface area (Å²) in [4.78, 5) is 40.8. The van der Waals surface area contributed by atoms with Gasteiger partial charge in [-0.2, -0.15) is 0 Å². The van der Waals surface area contributed by atoms with Crippen LogP contribution in [0.3, 0.4) is 0 Å². The van der Waals surface area contributed by atoms with Crippen LogP contribution in [-0.2, 0) is 9.59 Å². The highest BCUT2D eigenvalue weighted by atomic mass is 16.5. The first-order chi connectivity index (χ1) is 16.6. The number of unbranched alkanes of at least 4 members (excludes halogenated alkanes) is 1. The number of amides is 2. The largest absolute Gasteiger partial charge is 0.494 e. The molecule has 0 N–H and O–H groups in total. The third kappa shape index (κ3) is 3.35. The molecule has 4 aliphatic carbocycles. The van der Waals surface area contributed by atoms with Crippen LogP contribution in [0.2, 0.25) is 0 Å². The van der Waals surface area contributed by atoms with Gasteiger partial charge in [0.15, 0.2) is 0 Å². The van der Waals surface area contributed by atoms with E-state index in [1.54, 1.807) is 48.5 Å². The fourth-order valence-corrected chi connectivity index (χ4v) is 6.09. The van der Waals surface area contributed by atoms with Crippen LogP contribution < -0.4 is 14.4 Å². The average molecular weight is 458 g/mol. The Balaban J connectivity index is 1.17. The molecule has 7 rings (SSSR count). The van der Waals surface area contributed by atoms with Crippen molar-refractivity contribution >= 4 is 23.5 Å². The highest BCUT2D eigenvalue weighted by Crippen LogP contribution is 2.65. The van der Waals surface area contributed by atoms with E-state index in [1.807, 2.05) is 0 Å². The van der Waals surface area contributed by atoms with Gasteiger partial charge in [0.2, 0.25) is 11.8 Å². The molecular weight excluding hydrogens is 430 g/mol. The number of allylic oxidation sites excluding steroid dienone is 2. The average Bonchev–Trinajstić information content (AvgIpc) is 3.63. The highest BCUT2D eigenvalue weighted by molar-refractivity contribution is 6.23. The number of carbonyl (C=O) groups excluding carboxylic acids is 3. The first-order valence-corrected chi connectivity index (χ1v) is 12.2. The van der Waals surface area contributed by atoms with Crippen LogP contribution in [0.25, 0.3) is 0 Å². The van der Waals surface area contributed by atoms with Gasteiger partial charge in [-0.3, -0.25) is 9.59 Å². The number of hydrogen-bond donors (Lipinski definition) is 0. The number of nitrogens with zero attached hydrogens (tertiary/aromatic N) is 1. The Kier molecular flexibility index (Phi) is 5.05. The van der Waals surface area contributed by atoms with E-state index in [0.29, 0.717) is 35.4 Å². The lowest BCUT2D eigenvalue weighted by Gasteiger charge is -2.37. The van der Waals surface area contributed by atoms with E-state index in [1.165, 1.54) is 4.90 Å². The van der Waals surface area contributed by atoms with Crippen LogP contribution in [0.1, 0.15) is 36.5 Å². The maximum absolute atomic E-state index is 13.3.